The van der Waals surface area contributed by atoms with Gasteiger partial charge in [-0.15, -0.1) is 0 Å². The van der Waals surface area contributed by atoms with E-state index in [1.165, 1.54) is 0 Å². The van der Waals surface area contributed by atoms with E-state index in [-0.39, 0.29) is 6.04 Å². The summed E-state index contributed by atoms with van der Waals surface area (Å²) in [6, 6.07) is 9.69. The van der Waals surface area contributed by atoms with E-state index in [0.717, 1.165) is 41.2 Å². The molecule has 0 saturated carbocycles. The monoisotopic (exact) mass is 337 g/mol. The van der Waals surface area contributed by atoms with Crippen LogP contribution in [-0.4, -0.2) is 20.8 Å². The molecule has 0 aromatic heterocycles. The van der Waals surface area contributed by atoms with Gasteiger partial charge in [0.05, 0.1) is 30.3 Å². The van der Waals surface area contributed by atoms with Gasteiger partial charge in [-0.05, 0) is 29.7 Å². The Morgan fingerprint density at radius 2 is 1.86 bits per heavy atom. The lowest BCUT2D eigenvalue weighted by atomic mass is 9.89. The Labute approximate surface area is 140 Å². The van der Waals surface area contributed by atoms with Gasteiger partial charge >= 0.3 is 0 Å². The molecule has 22 heavy (non-hydrogen) atoms. The molecule has 0 aliphatic carbocycles. The van der Waals surface area contributed by atoms with Gasteiger partial charge in [0.25, 0.3) is 0 Å². The maximum atomic E-state index is 6.40. The Bertz CT molecular complexity index is 703. The van der Waals surface area contributed by atoms with E-state index < -0.39 is 0 Å². The van der Waals surface area contributed by atoms with Crippen LogP contribution in [0, 0.1) is 0 Å². The number of benzene rings is 2. The molecule has 0 saturated heterocycles. The first kappa shape index (κ1) is 15.5. The third-order valence-electron chi connectivity index (χ3n) is 4.01. The molecule has 2 aromatic rings. The van der Waals surface area contributed by atoms with Crippen LogP contribution in [0.2, 0.25) is 10.0 Å². The summed E-state index contributed by atoms with van der Waals surface area (Å²) in [7, 11) is 3.32. The fourth-order valence-electron chi connectivity index (χ4n) is 3.01. The van der Waals surface area contributed by atoms with Gasteiger partial charge in [0.1, 0.15) is 0 Å². The number of fused-ring (bicyclic) bond motifs is 1. The molecule has 0 radical (unpaired) electrons. The number of nitrogens with one attached hydrogen (secondary N) is 1. The topological polar surface area (TPSA) is 30.5 Å². The molecule has 1 heterocycles. The van der Waals surface area contributed by atoms with Crippen molar-refractivity contribution in [2.75, 3.05) is 20.8 Å². The molecule has 0 bridgehead atoms. The van der Waals surface area contributed by atoms with Crippen LogP contribution in [0.3, 0.4) is 0 Å². The highest BCUT2D eigenvalue weighted by molar-refractivity contribution is 6.42. The van der Waals surface area contributed by atoms with Crippen molar-refractivity contribution in [2.45, 2.75) is 12.5 Å². The fourth-order valence-corrected chi connectivity index (χ4v) is 3.42. The number of hydrogen-bond donors (Lipinski definition) is 1. The molecule has 1 atom stereocenters. The number of methoxy groups -OCH3 is 2. The molecule has 1 N–H and O–H groups in total. The molecule has 0 spiro atoms. The van der Waals surface area contributed by atoms with Gasteiger partial charge in [-0.2, -0.15) is 0 Å². The summed E-state index contributed by atoms with van der Waals surface area (Å²) in [4.78, 5) is 0. The van der Waals surface area contributed by atoms with Crippen LogP contribution in [0.25, 0.3) is 0 Å². The first-order chi connectivity index (χ1) is 10.7. The van der Waals surface area contributed by atoms with Crippen molar-refractivity contribution in [3.05, 3.63) is 57.1 Å². The Kier molecular flexibility index (Phi) is 4.48. The van der Waals surface area contributed by atoms with Crippen LogP contribution in [0.5, 0.6) is 11.5 Å². The van der Waals surface area contributed by atoms with E-state index >= 15 is 0 Å². The molecule has 3 nitrogen and oxygen atoms in total. The van der Waals surface area contributed by atoms with Gasteiger partial charge in [-0.3, -0.25) is 0 Å². The molecule has 5 heteroatoms. The number of ether oxygens (including phenoxy) is 2. The molecule has 1 aliphatic rings. The molecule has 116 valence electrons. The zero-order valence-electron chi connectivity index (χ0n) is 12.5. The highest BCUT2D eigenvalue weighted by Crippen LogP contribution is 2.42. The second-order valence-electron chi connectivity index (χ2n) is 5.15. The van der Waals surface area contributed by atoms with Crippen molar-refractivity contribution >= 4 is 23.2 Å². The average Bonchev–Trinajstić information content (AvgIpc) is 2.55. The molecule has 0 amide bonds. The third kappa shape index (κ3) is 2.54. The van der Waals surface area contributed by atoms with Crippen molar-refractivity contribution in [3.63, 3.8) is 0 Å². The molecule has 3 rings (SSSR count). The smallest absolute Gasteiger partial charge is 0.164 e. The van der Waals surface area contributed by atoms with Crippen molar-refractivity contribution < 1.29 is 9.47 Å². The first-order valence-corrected chi connectivity index (χ1v) is 7.84. The average molecular weight is 338 g/mol. The molecule has 2 aromatic carbocycles. The highest BCUT2D eigenvalue weighted by Gasteiger charge is 2.27. The second kappa shape index (κ2) is 6.37. The third-order valence-corrected chi connectivity index (χ3v) is 4.85. The second-order valence-corrected chi connectivity index (χ2v) is 5.93. The van der Waals surface area contributed by atoms with Gasteiger partial charge in [-0.1, -0.05) is 41.4 Å². The summed E-state index contributed by atoms with van der Waals surface area (Å²) in [5.41, 5.74) is 3.28. The molecule has 1 unspecified atom stereocenters. The van der Waals surface area contributed by atoms with Crippen molar-refractivity contribution in [2.24, 2.45) is 0 Å². The minimum atomic E-state index is -0.00486. The molecular formula is C17H17Cl2NO2. The lowest BCUT2D eigenvalue weighted by Gasteiger charge is -2.30. The fraction of sp³-hybridized carbons (Fsp3) is 0.294. The summed E-state index contributed by atoms with van der Waals surface area (Å²) in [6.07, 6.45) is 0.879. The van der Waals surface area contributed by atoms with Crippen LogP contribution < -0.4 is 14.8 Å². The predicted octanol–water partition coefficient (Wildman–Crippen LogP) is 4.25. The van der Waals surface area contributed by atoms with Gasteiger partial charge in [0.15, 0.2) is 11.5 Å². The molecule has 0 fully saturated rings. The van der Waals surface area contributed by atoms with Crippen molar-refractivity contribution in [3.8, 4) is 11.5 Å². The summed E-state index contributed by atoms with van der Waals surface area (Å²) in [6.45, 7) is 0.837. The maximum absolute atomic E-state index is 6.40. The summed E-state index contributed by atoms with van der Waals surface area (Å²) < 4.78 is 11.0. The van der Waals surface area contributed by atoms with Gasteiger partial charge in [-0.25, -0.2) is 0 Å². The van der Waals surface area contributed by atoms with Gasteiger partial charge < -0.3 is 14.8 Å². The van der Waals surface area contributed by atoms with Crippen LogP contribution in [0.4, 0.5) is 0 Å². The minimum Gasteiger partial charge on any atom is -0.493 e. The number of halogens is 2. The minimum absolute atomic E-state index is 0.00486. The zero-order valence-corrected chi connectivity index (χ0v) is 14.0. The number of rotatable bonds is 3. The molecular weight excluding hydrogens is 321 g/mol. The Morgan fingerprint density at radius 3 is 2.59 bits per heavy atom. The zero-order chi connectivity index (χ0) is 15.7. The van der Waals surface area contributed by atoms with Crippen LogP contribution in [-0.2, 0) is 6.42 Å². The normalized spacial score (nSPS) is 17.0. The Morgan fingerprint density at radius 1 is 1.05 bits per heavy atom. The van der Waals surface area contributed by atoms with Crippen LogP contribution >= 0.6 is 23.2 Å². The maximum Gasteiger partial charge on any atom is 0.164 e. The SMILES string of the molecule is COc1ccc2c(c1OC)CCNC2c1cccc(Cl)c1Cl. The molecule has 1 aliphatic heterocycles. The lowest BCUT2D eigenvalue weighted by Crippen LogP contribution is -2.31. The van der Waals surface area contributed by atoms with Gasteiger partial charge in [0, 0.05) is 12.1 Å². The van der Waals surface area contributed by atoms with E-state index in [4.69, 9.17) is 32.7 Å². The first-order valence-electron chi connectivity index (χ1n) is 7.08. The Balaban J connectivity index is 2.14. The van der Waals surface area contributed by atoms with Gasteiger partial charge in [0.2, 0.25) is 0 Å². The lowest BCUT2D eigenvalue weighted by molar-refractivity contribution is 0.348. The Hall–Kier alpha value is -1.42. The number of hydrogen-bond acceptors (Lipinski definition) is 3. The van der Waals surface area contributed by atoms with Crippen LogP contribution in [0.1, 0.15) is 22.7 Å². The van der Waals surface area contributed by atoms with E-state index in [1.54, 1.807) is 20.3 Å². The summed E-state index contributed by atoms with van der Waals surface area (Å²) in [5, 5.41) is 4.66. The van der Waals surface area contributed by atoms with E-state index in [9.17, 15) is 0 Å². The van der Waals surface area contributed by atoms with E-state index in [1.807, 2.05) is 18.2 Å². The standard InChI is InChI=1S/C17H17Cl2NO2/c1-21-14-7-6-10-11(17(14)22-2)8-9-20-16(10)12-4-3-5-13(18)15(12)19/h3-7,16,20H,8-9H2,1-2H3. The summed E-state index contributed by atoms with van der Waals surface area (Å²) in [5.74, 6) is 1.55. The summed E-state index contributed by atoms with van der Waals surface area (Å²) >= 11 is 12.6. The van der Waals surface area contributed by atoms with E-state index in [0.29, 0.717) is 10.0 Å². The largest absolute Gasteiger partial charge is 0.493 e. The van der Waals surface area contributed by atoms with Crippen molar-refractivity contribution in [1.82, 2.24) is 5.32 Å². The van der Waals surface area contributed by atoms with Crippen molar-refractivity contribution in [1.29, 1.82) is 0 Å². The highest BCUT2D eigenvalue weighted by atomic mass is 35.5. The predicted molar refractivity (Wildman–Crippen MR) is 89.6 cm³/mol. The quantitative estimate of drug-likeness (QED) is 0.908. The van der Waals surface area contributed by atoms with Crippen LogP contribution in [0.15, 0.2) is 30.3 Å². The van der Waals surface area contributed by atoms with E-state index in [2.05, 4.69) is 11.4 Å².